The molecule has 0 unspecified atom stereocenters. The van der Waals surface area contributed by atoms with Gasteiger partial charge in [0.15, 0.2) is 11.5 Å². The lowest BCUT2D eigenvalue weighted by Crippen LogP contribution is -2.52. The quantitative estimate of drug-likeness (QED) is 0.255. The lowest BCUT2D eigenvalue weighted by atomic mass is 9.48. The molecule has 1 spiro atoms. The van der Waals surface area contributed by atoms with Crippen LogP contribution in [-0.4, -0.2) is 41.5 Å². The molecule has 2 fully saturated rings. The van der Waals surface area contributed by atoms with Crippen LogP contribution in [0.4, 0.5) is 11.5 Å². The summed E-state index contributed by atoms with van der Waals surface area (Å²) in [5, 5.41) is 12.2. The molecular formula is C32H29N7O3. The second-order valence-corrected chi connectivity index (χ2v) is 11.5. The maximum absolute atomic E-state index is 13.0. The number of nitrogens with zero attached hydrogens (tertiary/aromatic N) is 5. The summed E-state index contributed by atoms with van der Waals surface area (Å²) in [7, 11) is 0. The second kappa shape index (κ2) is 9.76. The van der Waals surface area contributed by atoms with E-state index in [1.807, 2.05) is 78.2 Å². The number of rotatable bonds is 6. The Labute approximate surface area is 241 Å². The molecule has 0 aliphatic heterocycles. The van der Waals surface area contributed by atoms with E-state index < -0.39 is 5.97 Å². The Morgan fingerprint density at radius 2 is 1.69 bits per heavy atom. The van der Waals surface area contributed by atoms with Crippen molar-refractivity contribution in [2.24, 2.45) is 17.3 Å². The fourth-order valence-electron chi connectivity index (χ4n) is 6.44. The lowest BCUT2D eigenvalue weighted by molar-refractivity contribution is -0.159. The van der Waals surface area contributed by atoms with Gasteiger partial charge in [-0.25, -0.2) is 19.9 Å². The number of carboxylic acids is 1. The largest absolute Gasteiger partial charge is 0.481 e. The third kappa shape index (κ3) is 4.36. The van der Waals surface area contributed by atoms with Crippen LogP contribution in [0.15, 0.2) is 72.9 Å². The van der Waals surface area contributed by atoms with Gasteiger partial charge in [0.05, 0.1) is 28.6 Å². The Balaban J connectivity index is 1.21. The van der Waals surface area contributed by atoms with Crippen LogP contribution >= 0.6 is 0 Å². The number of hydrogen-bond acceptors (Lipinski definition) is 7. The fraction of sp³-hybridized carbons (Fsp3) is 0.250. The fourth-order valence-corrected chi connectivity index (χ4v) is 6.44. The molecule has 0 atom stereocenters. The number of carbonyl (C=O) groups excluding carboxylic acids is 1. The van der Waals surface area contributed by atoms with E-state index in [2.05, 4.69) is 10.3 Å². The van der Waals surface area contributed by atoms with Crippen LogP contribution in [0.25, 0.3) is 39.6 Å². The number of aryl methyl sites for hydroxylation is 1. The minimum atomic E-state index is -0.734. The molecule has 7 rings (SSSR count). The van der Waals surface area contributed by atoms with Gasteiger partial charge in [-0.05, 0) is 74.4 Å². The highest BCUT2D eigenvalue weighted by atomic mass is 16.4. The Bertz CT molecular complexity index is 1850. The highest BCUT2D eigenvalue weighted by Crippen LogP contribution is 2.61. The van der Waals surface area contributed by atoms with Crippen LogP contribution in [0.3, 0.4) is 0 Å². The number of benzene rings is 1. The van der Waals surface area contributed by atoms with Gasteiger partial charge < -0.3 is 16.2 Å². The van der Waals surface area contributed by atoms with Crippen molar-refractivity contribution in [1.29, 1.82) is 0 Å². The van der Waals surface area contributed by atoms with E-state index in [9.17, 15) is 14.7 Å². The molecule has 2 aliphatic carbocycles. The number of fused-ring (bicyclic) bond motifs is 1. The van der Waals surface area contributed by atoms with Gasteiger partial charge >= 0.3 is 5.97 Å². The van der Waals surface area contributed by atoms with Gasteiger partial charge in [-0.3, -0.25) is 14.2 Å². The van der Waals surface area contributed by atoms with Crippen molar-refractivity contribution in [2.75, 3.05) is 11.1 Å². The molecule has 1 amide bonds. The van der Waals surface area contributed by atoms with Crippen molar-refractivity contribution in [2.45, 2.75) is 32.6 Å². The number of amides is 1. The summed E-state index contributed by atoms with van der Waals surface area (Å²) in [6.45, 7) is 1.85. The molecule has 10 nitrogen and oxygen atoms in total. The number of nitrogen functional groups attached to an aromatic ring is 1. The maximum Gasteiger partial charge on any atom is 0.306 e. The zero-order valence-electron chi connectivity index (χ0n) is 23.0. The molecule has 2 saturated carbocycles. The zero-order chi connectivity index (χ0) is 29.0. The normalized spacial score (nSPS) is 21.1. The van der Waals surface area contributed by atoms with Crippen molar-refractivity contribution in [1.82, 2.24) is 24.5 Å². The van der Waals surface area contributed by atoms with Crippen LogP contribution in [0.5, 0.6) is 0 Å². The summed E-state index contributed by atoms with van der Waals surface area (Å²) < 4.78 is 1.87. The molecule has 0 saturated heterocycles. The first-order chi connectivity index (χ1) is 20.3. The summed E-state index contributed by atoms with van der Waals surface area (Å²) in [6, 6.07) is 21.2. The lowest BCUT2D eigenvalue weighted by Gasteiger charge is -2.56. The van der Waals surface area contributed by atoms with Crippen LogP contribution in [0, 0.1) is 24.2 Å². The van der Waals surface area contributed by atoms with Gasteiger partial charge in [-0.1, -0.05) is 30.3 Å². The van der Waals surface area contributed by atoms with E-state index in [1.54, 1.807) is 6.20 Å². The maximum atomic E-state index is 13.0. The molecule has 42 heavy (non-hydrogen) atoms. The SMILES string of the molecule is Cc1nc(-n2c(-c3cccnc3N)nc3ccc(-c4ccccc4)nc32)ccc1NC(=O)C1CC2(CC(C(=O)O)C2)C1. The van der Waals surface area contributed by atoms with E-state index in [1.165, 1.54) is 0 Å². The molecule has 10 heteroatoms. The van der Waals surface area contributed by atoms with Gasteiger partial charge in [0.2, 0.25) is 5.91 Å². The summed E-state index contributed by atoms with van der Waals surface area (Å²) in [6.07, 6.45) is 4.45. The van der Waals surface area contributed by atoms with Crippen LogP contribution in [0.2, 0.25) is 0 Å². The highest BCUT2D eigenvalue weighted by Gasteiger charge is 2.56. The Morgan fingerprint density at radius 3 is 2.40 bits per heavy atom. The molecule has 4 N–H and O–H groups in total. The molecule has 1 aromatic carbocycles. The first-order valence-electron chi connectivity index (χ1n) is 14.0. The number of carboxylic acid groups (broad SMARTS) is 1. The van der Waals surface area contributed by atoms with E-state index >= 15 is 0 Å². The van der Waals surface area contributed by atoms with E-state index in [0.717, 1.165) is 24.1 Å². The van der Waals surface area contributed by atoms with Gasteiger partial charge in [0, 0.05) is 17.7 Å². The number of aromatic nitrogens is 5. The van der Waals surface area contributed by atoms with Crippen molar-refractivity contribution in [3.05, 3.63) is 78.6 Å². The number of anilines is 2. The summed E-state index contributed by atoms with van der Waals surface area (Å²) >= 11 is 0. The average Bonchev–Trinajstić information content (AvgIpc) is 3.32. The van der Waals surface area contributed by atoms with E-state index in [4.69, 9.17) is 20.7 Å². The van der Waals surface area contributed by atoms with Crippen molar-refractivity contribution < 1.29 is 14.7 Å². The molecule has 2 aliphatic rings. The molecule has 4 heterocycles. The number of imidazole rings is 1. The average molecular weight is 560 g/mol. The molecule has 0 radical (unpaired) electrons. The van der Waals surface area contributed by atoms with Crippen molar-refractivity contribution in [3.8, 4) is 28.5 Å². The predicted octanol–water partition coefficient (Wildman–Crippen LogP) is 5.26. The smallest absolute Gasteiger partial charge is 0.306 e. The third-order valence-corrected chi connectivity index (χ3v) is 8.65. The summed E-state index contributed by atoms with van der Waals surface area (Å²) in [4.78, 5) is 43.2. The third-order valence-electron chi connectivity index (χ3n) is 8.65. The van der Waals surface area contributed by atoms with Crippen LogP contribution in [-0.2, 0) is 9.59 Å². The van der Waals surface area contributed by atoms with Gasteiger partial charge in [0.1, 0.15) is 17.2 Å². The monoisotopic (exact) mass is 559 g/mol. The number of hydrogen-bond donors (Lipinski definition) is 3. The second-order valence-electron chi connectivity index (χ2n) is 11.5. The minimum absolute atomic E-state index is 0.0286. The number of aliphatic carboxylic acids is 1. The molecule has 0 bridgehead atoms. The Morgan fingerprint density at radius 1 is 0.929 bits per heavy atom. The first-order valence-corrected chi connectivity index (χ1v) is 14.0. The summed E-state index contributed by atoms with van der Waals surface area (Å²) in [5.74, 6) is 0.328. The van der Waals surface area contributed by atoms with Crippen LogP contribution in [0.1, 0.15) is 31.4 Å². The number of carbonyl (C=O) groups is 2. The predicted molar refractivity (Wildman–Crippen MR) is 159 cm³/mol. The molecular weight excluding hydrogens is 530 g/mol. The van der Waals surface area contributed by atoms with E-state index in [0.29, 0.717) is 58.4 Å². The first kappa shape index (κ1) is 25.8. The summed E-state index contributed by atoms with van der Waals surface area (Å²) in [5.41, 5.74) is 11.3. The van der Waals surface area contributed by atoms with Crippen molar-refractivity contribution in [3.63, 3.8) is 0 Å². The Kier molecular flexibility index (Phi) is 6.00. The number of pyridine rings is 3. The number of nitrogens with one attached hydrogen (secondary N) is 1. The Hall–Kier alpha value is -5.12. The minimum Gasteiger partial charge on any atom is -0.481 e. The highest BCUT2D eigenvalue weighted by molar-refractivity contribution is 5.94. The standard InChI is InChI=1S/C32H29N7O3/c1-18-23(38-30(40)20-14-32(15-20)16-21(17-32)31(41)42)11-12-26(35-18)39-28(22-8-5-13-34-27(22)33)37-25-10-9-24(36-29(25)39)19-6-3-2-4-7-19/h2-13,20-21H,14-17H2,1H3,(H2,33,34)(H,38,40)(H,41,42). The van der Waals surface area contributed by atoms with Gasteiger partial charge in [-0.2, -0.15) is 0 Å². The molecule has 5 aromatic rings. The number of nitrogens with two attached hydrogens (primary N) is 1. The zero-order valence-corrected chi connectivity index (χ0v) is 23.0. The van der Waals surface area contributed by atoms with Gasteiger partial charge in [0.25, 0.3) is 0 Å². The van der Waals surface area contributed by atoms with Crippen molar-refractivity contribution >= 4 is 34.5 Å². The van der Waals surface area contributed by atoms with Gasteiger partial charge in [-0.15, -0.1) is 0 Å². The topological polar surface area (TPSA) is 149 Å². The molecule has 4 aromatic heterocycles. The van der Waals surface area contributed by atoms with Crippen LogP contribution < -0.4 is 11.1 Å². The van der Waals surface area contributed by atoms with E-state index in [-0.39, 0.29) is 23.2 Å². The molecule has 210 valence electrons.